The zero-order valence-corrected chi connectivity index (χ0v) is 21.3. The van der Waals surface area contributed by atoms with Gasteiger partial charge in [0.25, 0.3) is 0 Å². The molecule has 0 aromatic carbocycles. The first-order chi connectivity index (χ1) is 17.3. The Labute approximate surface area is 211 Å². The van der Waals surface area contributed by atoms with Crippen LogP contribution in [0.5, 0.6) is 0 Å². The lowest BCUT2D eigenvalue weighted by atomic mass is 9.81. The minimum Gasteiger partial charge on any atom is -0.381 e. The summed E-state index contributed by atoms with van der Waals surface area (Å²) in [6.07, 6.45) is 7.01. The van der Waals surface area contributed by atoms with Crippen molar-refractivity contribution in [1.82, 2.24) is 25.2 Å². The normalized spacial score (nSPS) is 24.6. The first-order valence-electron chi connectivity index (χ1n) is 13.4. The number of hydrogen-bond donors (Lipinski definition) is 2. The number of nitrogens with zero attached hydrogens (tertiary/aromatic N) is 4. The highest BCUT2D eigenvalue weighted by molar-refractivity contribution is 5.79. The number of amides is 1. The summed E-state index contributed by atoms with van der Waals surface area (Å²) in [6, 6.07) is 2.31. The van der Waals surface area contributed by atoms with Gasteiger partial charge in [-0.2, -0.15) is 5.10 Å². The predicted octanol–water partition coefficient (Wildman–Crippen LogP) is 3.50. The van der Waals surface area contributed by atoms with Crippen LogP contribution in [0.3, 0.4) is 0 Å². The van der Waals surface area contributed by atoms with E-state index >= 15 is 0 Å². The van der Waals surface area contributed by atoms with Crippen LogP contribution in [0.15, 0.2) is 12.3 Å². The van der Waals surface area contributed by atoms with Crippen molar-refractivity contribution in [2.75, 3.05) is 38.8 Å². The zero-order valence-electron chi connectivity index (χ0n) is 21.3. The smallest absolute Gasteiger partial charge is 0.248 e. The Balaban J connectivity index is 1.47. The lowest BCUT2D eigenvalue weighted by Gasteiger charge is -2.34. The number of ether oxygens (including phenoxy) is 1. The molecule has 0 radical (unpaired) electrons. The Bertz CT molecular complexity index is 1060. The molecular weight excluding hydrogens is 466 g/mol. The topological polar surface area (TPSA) is 83.8 Å². The van der Waals surface area contributed by atoms with E-state index in [1.807, 2.05) is 13.2 Å². The van der Waals surface area contributed by atoms with Crippen molar-refractivity contribution in [2.24, 2.45) is 11.8 Å². The Hall–Kier alpha value is -2.33. The molecule has 2 aliphatic heterocycles. The number of rotatable bonds is 7. The van der Waals surface area contributed by atoms with Crippen LogP contribution in [-0.4, -0.2) is 66.3 Å². The number of imidazole rings is 1. The van der Waals surface area contributed by atoms with Crippen LogP contribution >= 0.6 is 0 Å². The molecule has 36 heavy (non-hydrogen) atoms. The van der Waals surface area contributed by atoms with E-state index in [-0.39, 0.29) is 36.6 Å². The van der Waals surface area contributed by atoms with Crippen LogP contribution < -0.4 is 15.5 Å². The second kappa shape index (κ2) is 10.6. The largest absolute Gasteiger partial charge is 0.381 e. The standard InChI is InChI=1S/C26H38F2N6O2/c1-29-24(17-5-9-26(27,28)10-6-17)21-16-34-23(31-21)15-22(33(2)19-7-12-36-13-8-19)20(32-34)14-18-4-3-11-30-25(18)35/h15-19,24,29H,3-14H2,1-2H3,(H,30,35). The zero-order chi connectivity index (χ0) is 25.3. The van der Waals surface area contributed by atoms with Gasteiger partial charge in [-0.3, -0.25) is 4.79 Å². The van der Waals surface area contributed by atoms with Crippen LogP contribution in [0.1, 0.15) is 68.8 Å². The van der Waals surface area contributed by atoms with E-state index < -0.39 is 5.92 Å². The SMILES string of the molecule is CNC(c1cn2nc(CC3CCCNC3=O)c(N(C)C3CCOCC3)cc2n1)C1CCC(F)(F)CC1. The summed E-state index contributed by atoms with van der Waals surface area (Å²) in [4.78, 5) is 19.7. The van der Waals surface area contributed by atoms with Gasteiger partial charge in [-0.25, -0.2) is 18.3 Å². The number of fused-ring (bicyclic) bond motifs is 1. The summed E-state index contributed by atoms with van der Waals surface area (Å²) in [6.45, 7) is 2.21. The molecule has 3 fully saturated rings. The maximum absolute atomic E-state index is 13.8. The van der Waals surface area contributed by atoms with Crippen molar-refractivity contribution in [3.05, 3.63) is 23.7 Å². The minimum atomic E-state index is -2.56. The first kappa shape index (κ1) is 25.3. The first-order valence-corrected chi connectivity index (χ1v) is 13.4. The molecule has 10 heteroatoms. The van der Waals surface area contributed by atoms with Crippen LogP contribution in [0.2, 0.25) is 0 Å². The van der Waals surface area contributed by atoms with E-state index in [2.05, 4.69) is 28.6 Å². The molecular formula is C26H38F2N6O2. The molecule has 0 bridgehead atoms. The average molecular weight is 505 g/mol. The van der Waals surface area contributed by atoms with Crippen molar-refractivity contribution < 1.29 is 18.3 Å². The van der Waals surface area contributed by atoms with E-state index in [0.717, 1.165) is 68.2 Å². The number of nitrogens with one attached hydrogen (secondary N) is 2. The highest BCUT2D eigenvalue weighted by Gasteiger charge is 2.38. The Kier molecular flexibility index (Phi) is 7.44. The number of anilines is 1. The third kappa shape index (κ3) is 5.34. The van der Waals surface area contributed by atoms with Crippen molar-refractivity contribution in [3.8, 4) is 0 Å². The van der Waals surface area contributed by atoms with Crippen LogP contribution in [0.25, 0.3) is 5.65 Å². The van der Waals surface area contributed by atoms with Gasteiger partial charge in [-0.05, 0) is 51.5 Å². The third-order valence-corrected chi connectivity index (χ3v) is 8.34. The maximum atomic E-state index is 13.8. The molecule has 2 N–H and O–H groups in total. The molecule has 198 valence electrons. The number of halogens is 2. The molecule has 2 atom stereocenters. The predicted molar refractivity (Wildman–Crippen MR) is 133 cm³/mol. The fourth-order valence-electron chi connectivity index (χ4n) is 6.12. The number of piperidine rings is 1. The number of aromatic nitrogens is 3. The summed E-state index contributed by atoms with van der Waals surface area (Å²) in [5.41, 5.74) is 3.45. The highest BCUT2D eigenvalue weighted by atomic mass is 19.3. The van der Waals surface area contributed by atoms with Gasteiger partial charge in [0.1, 0.15) is 0 Å². The molecule has 8 nitrogen and oxygen atoms in total. The van der Waals surface area contributed by atoms with Gasteiger partial charge >= 0.3 is 0 Å². The molecule has 2 unspecified atom stereocenters. The summed E-state index contributed by atoms with van der Waals surface area (Å²) in [5, 5.41) is 11.3. The molecule has 1 amide bonds. The number of alkyl halides is 2. The summed E-state index contributed by atoms with van der Waals surface area (Å²) < 4.78 is 34.9. The molecule has 0 spiro atoms. The molecule has 5 rings (SSSR count). The van der Waals surface area contributed by atoms with Gasteiger partial charge in [0, 0.05) is 64.1 Å². The van der Waals surface area contributed by atoms with Crippen LogP contribution in [-0.2, 0) is 16.0 Å². The number of carbonyl (C=O) groups is 1. The third-order valence-electron chi connectivity index (χ3n) is 8.34. The quantitative estimate of drug-likeness (QED) is 0.601. The van der Waals surface area contributed by atoms with Crippen molar-refractivity contribution >= 4 is 17.2 Å². The second-order valence-electron chi connectivity index (χ2n) is 10.7. The van der Waals surface area contributed by atoms with Gasteiger partial charge in [-0.1, -0.05) is 0 Å². The summed E-state index contributed by atoms with van der Waals surface area (Å²) in [7, 11) is 3.96. The van der Waals surface area contributed by atoms with E-state index in [1.165, 1.54) is 0 Å². The molecule has 2 saturated heterocycles. The Morgan fingerprint density at radius 3 is 2.69 bits per heavy atom. The fourth-order valence-corrected chi connectivity index (χ4v) is 6.12. The van der Waals surface area contributed by atoms with E-state index in [1.54, 1.807) is 4.52 Å². The van der Waals surface area contributed by atoms with Gasteiger partial charge in [0.05, 0.1) is 29.3 Å². The monoisotopic (exact) mass is 504 g/mol. The average Bonchev–Trinajstić information content (AvgIpc) is 3.29. The van der Waals surface area contributed by atoms with Crippen molar-refractivity contribution in [1.29, 1.82) is 0 Å². The summed E-state index contributed by atoms with van der Waals surface area (Å²) >= 11 is 0. The number of hydrogen-bond acceptors (Lipinski definition) is 6. The van der Waals surface area contributed by atoms with Gasteiger partial charge < -0.3 is 20.3 Å². The minimum absolute atomic E-state index is 0.0743. The van der Waals surface area contributed by atoms with Crippen molar-refractivity contribution in [2.45, 2.75) is 75.8 Å². The lowest BCUT2D eigenvalue weighted by molar-refractivity contribution is -0.126. The van der Waals surface area contributed by atoms with Gasteiger partial charge in [0.2, 0.25) is 11.8 Å². The Morgan fingerprint density at radius 1 is 1.25 bits per heavy atom. The molecule has 1 aliphatic carbocycles. The Morgan fingerprint density at radius 2 is 2.00 bits per heavy atom. The number of carbonyl (C=O) groups excluding carboxylic acids is 1. The second-order valence-corrected chi connectivity index (χ2v) is 10.7. The molecule has 2 aromatic rings. The van der Waals surface area contributed by atoms with E-state index in [0.29, 0.717) is 25.3 Å². The fraction of sp³-hybridized carbons (Fsp3) is 0.731. The maximum Gasteiger partial charge on any atom is 0.248 e. The van der Waals surface area contributed by atoms with Gasteiger partial charge in [0.15, 0.2) is 5.65 Å². The highest BCUT2D eigenvalue weighted by Crippen LogP contribution is 2.41. The van der Waals surface area contributed by atoms with E-state index in [4.69, 9.17) is 14.8 Å². The summed E-state index contributed by atoms with van der Waals surface area (Å²) in [5.74, 6) is -2.45. The van der Waals surface area contributed by atoms with Crippen LogP contribution in [0, 0.1) is 11.8 Å². The molecule has 2 aromatic heterocycles. The van der Waals surface area contributed by atoms with Crippen molar-refractivity contribution in [3.63, 3.8) is 0 Å². The molecule has 4 heterocycles. The van der Waals surface area contributed by atoms with Crippen LogP contribution in [0.4, 0.5) is 14.5 Å². The van der Waals surface area contributed by atoms with E-state index in [9.17, 15) is 13.6 Å². The molecule has 3 aliphatic rings. The lowest BCUT2D eigenvalue weighted by Crippen LogP contribution is -2.39. The molecule has 1 saturated carbocycles. The van der Waals surface area contributed by atoms with Gasteiger partial charge in [-0.15, -0.1) is 0 Å².